The number of thioether (sulfide) groups is 1. The lowest BCUT2D eigenvalue weighted by atomic mass is 10.2. The first-order chi connectivity index (χ1) is 14.7. The van der Waals surface area contributed by atoms with E-state index in [9.17, 15) is 13.2 Å². The van der Waals surface area contributed by atoms with Gasteiger partial charge in [0.2, 0.25) is 5.91 Å². The minimum absolute atomic E-state index is 0.105. The first-order valence-corrected chi connectivity index (χ1v) is 12.6. The van der Waals surface area contributed by atoms with Crippen molar-refractivity contribution >= 4 is 62.3 Å². The third kappa shape index (κ3) is 5.74. The lowest BCUT2D eigenvalue weighted by Crippen LogP contribution is -2.38. The molecule has 3 aromatic rings. The summed E-state index contributed by atoms with van der Waals surface area (Å²) in [4.78, 5) is 13.8. The number of benzene rings is 3. The summed E-state index contributed by atoms with van der Waals surface area (Å²) in [5.74, 6) is -0.511. The number of carbonyl (C=O) groups is 1. The highest BCUT2D eigenvalue weighted by molar-refractivity contribution is 7.98. The minimum atomic E-state index is -3.98. The van der Waals surface area contributed by atoms with Crippen molar-refractivity contribution < 1.29 is 13.2 Å². The van der Waals surface area contributed by atoms with Crippen LogP contribution in [-0.4, -0.2) is 27.1 Å². The number of nitrogens with zero attached hydrogens (tertiary/aromatic N) is 1. The fraction of sp³-hybridized carbons (Fsp3) is 0.136. The average Bonchev–Trinajstić information content (AvgIpc) is 2.75. The van der Waals surface area contributed by atoms with Crippen molar-refractivity contribution in [1.29, 1.82) is 0 Å². The SMILES string of the molecule is CSc1ccc(S(=O)(=O)N(CC(=O)Nc2ccc(Cl)c(Cl)c2)c2ccc(C)cc2)cc1. The third-order valence-electron chi connectivity index (χ3n) is 4.46. The van der Waals surface area contributed by atoms with Gasteiger partial charge in [-0.3, -0.25) is 9.10 Å². The van der Waals surface area contributed by atoms with E-state index in [0.29, 0.717) is 16.4 Å². The first kappa shape index (κ1) is 23.5. The number of rotatable bonds is 7. The van der Waals surface area contributed by atoms with Gasteiger partial charge in [-0.15, -0.1) is 11.8 Å². The molecule has 0 spiro atoms. The molecule has 0 unspecified atom stereocenters. The summed E-state index contributed by atoms with van der Waals surface area (Å²) in [6.07, 6.45) is 1.91. The summed E-state index contributed by atoms with van der Waals surface area (Å²) >= 11 is 13.4. The molecule has 0 radical (unpaired) electrons. The zero-order valence-corrected chi connectivity index (χ0v) is 19.9. The molecular formula is C22H20Cl2N2O3S2. The lowest BCUT2D eigenvalue weighted by molar-refractivity contribution is -0.114. The summed E-state index contributed by atoms with van der Waals surface area (Å²) in [5, 5.41) is 3.32. The molecule has 0 heterocycles. The van der Waals surface area contributed by atoms with Crippen LogP contribution >= 0.6 is 35.0 Å². The summed E-state index contributed by atoms with van der Waals surface area (Å²) < 4.78 is 27.9. The molecule has 0 saturated carbocycles. The fourth-order valence-corrected chi connectivity index (χ4v) is 4.93. The Morgan fingerprint density at radius 1 is 0.968 bits per heavy atom. The smallest absolute Gasteiger partial charge is 0.264 e. The van der Waals surface area contributed by atoms with Gasteiger partial charge in [0.25, 0.3) is 10.0 Å². The quantitative estimate of drug-likeness (QED) is 0.417. The molecule has 5 nitrogen and oxygen atoms in total. The van der Waals surface area contributed by atoms with Crippen LogP contribution in [0.25, 0.3) is 0 Å². The Kier molecular flexibility index (Phi) is 7.54. The van der Waals surface area contributed by atoms with Gasteiger partial charge in [0.15, 0.2) is 0 Å². The van der Waals surface area contributed by atoms with Crippen molar-refractivity contribution in [2.45, 2.75) is 16.7 Å². The molecule has 0 bridgehead atoms. The molecular weight excluding hydrogens is 475 g/mol. The molecule has 0 aliphatic carbocycles. The second-order valence-corrected chi connectivity index (χ2v) is 10.3. The van der Waals surface area contributed by atoms with Crippen molar-refractivity contribution in [2.75, 3.05) is 22.4 Å². The van der Waals surface area contributed by atoms with E-state index in [4.69, 9.17) is 23.2 Å². The third-order valence-corrected chi connectivity index (χ3v) is 7.73. The monoisotopic (exact) mass is 494 g/mol. The van der Waals surface area contributed by atoms with Crippen molar-refractivity contribution in [1.82, 2.24) is 0 Å². The zero-order chi connectivity index (χ0) is 22.6. The molecule has 0 aliphatic heterocycles. The average molecular weight is 495 g/mol. The van der Waals surface area contributed by atoms with Gasteiger partial charge >= 0.3 is 0 Å². The van der Waals surface area contributed by atoms with Crippen LogP contribution in [0.1, 0.15) is 5.56 Å². The zero-order valence-electron chi connectivity index (χ0n) is 16.8. The summed E-state index contributed by atoms with van der Waals surface area (Å²) in [6.45, 7) is 1.50. The van der Waals surface area contributed by atoms with Gasteiger partial charge < -0.3 is 5.32 Å². The van der Waals surface area contributed by atoms with Gasteiger partial charge in [-0.2, -0.15) is 0 Å². The fourth-order valence-electron chi connectivity index (χ4n) is 2.81. The van der Waals surface area contributed by atoms with Crippen LogP contribution in [0.4, 0.5) is 11.4 Å². The molecule has 0 aromatic heterocycles. The molecule has 9 heteroatoms. The second kappa shape index (κ2) is 9.96. The maximum Gasteiger partial charge on any atom is 0.264 e. The Hall–Kier alpha value is -2.19. The van der Waals surface area contributed by atoms with Crippen LogP contribution < -0.4 is 9.62 Å². The Morgan fingerprint density at radius 2 is 1.61 bits per heavy atom. The predicted molar refractivity (Wildman–Crippen MR) is 129 cm³/mol. The molecule has 0 fully saturated rings. The maximum absolute atomic E-state index is 13.4. The van der Waals surface area contributed by atoms with E-state index in [1.165, 1.54) is 17.8 Å². The normalized spacial score (nSPS) is 11.2. The molecule has 31 heavy (non-hydrogen) atoms. The molecule has 0 aliphatic rings. The van der Waals surface area contributed by atoms with E-state index in [1.807, 2.05) is 13.2 Å². The second-order valence-electron chi connectivity index (χ2n) is 6.70. The standard InChI is InChI=1S/C22H20Cl2N2O3S2/c1-15-3-6-17(7-4-15)26(31(28,29)19-10-8-18(30-2)9-11-19)14-22(27)25-16-5-12-20(23)21(24)13-16/h3-13H,14H2,1-2H3,(H,25,27). The van der Waals surface area contributed by atoms with Crippen LogP contribution in [-0.2, 0) is 14.8 Å². The van der Waals surface area contributed by atoms with Crippen molar-refractivity contribution in [3.63, 3.8) is 0 Å². The summed E-state index contributed by atoms with van der Waals surface area (Å²) in [7, 11) is -3.98. The summed E-state index contributed by atoms with van der Waals surface area (Å²) in [6, 6.07) is 18.2. The molecule has 0 atom stereocenters. The number of carbonyl (C=O) groups excluding carboxylic acids is 1. The van der Waals surface area contributed by atoms with E-state index < -0.39 is 22.5 Å². The Morgan fingerprint density at radius 3 is 2.19 bits per heavy atom. The lowest BCUT2D eigenvalue weighted by Gasteiger charge is -2.24. The van der Waals surface area contributed by atoms with Crippen molar-refractivity contribution in [3.05, 3.63) is 82.3 Å². The van der Waals surface area contributed by atoms with Crippen molar-refractivity contribution in [2.24, 2.45) is 0 Å². The van der Waals surface area contributed by atoms with Gasteiger partial charge in [0.05, 0.1) is 20.6 Å². The van der Waals surface area contributed by atoms with Crippen LogP contribution in [0.15, 0.2) is 76.5 Å². The number of hydrogen-bond donors (Lipinski definition) is 1. The highest BCUT2D eigenvalue weighted by Crippen LogP contribution is 2.27. The highest BCUT2D eigenvalue weighted by atomic mass is 35.5. The minimum Gasteiger partial charge on any atom is -0.324 e. The first-order valence-electron chi connectivity index (χ1n) is 9.19. The van der Waals surface area contributed by atoms with Crippen LogP contribution in [0, 0.1) is 6.92 Å². The number of anilines is 2. The van der Waals surface area contributed by atoms with E-state index in [0.717, 1.165) is 14.8 Å². The van der Waals surface area contributed by atoms with E-state index >= 15 is 0 Å². The van der Waals surface area contributed by atoms with Gasteiger partial charge in [-0.25, -0.2) is 8.42 Å². The van der Waals surface area contributed by atoms with Gasteiger partial charge in [0, 0.05) is 10.6 Å². The van der Waals surface area contributed by atoms with Gasteiger partial charge in [-0.1, -0.05) is 40.9 Å². The van der Waals surface area contributed by atoms with Crippen molar-refractivity contribution in [3.8, 4) is 0 Å². The van der Waals surface area contributed by atoms with Gasteiger partial charge in [0.1, 0.15) is 6.54 Å². The molecule has 1 N–H and O–H groups in total. The predicted octanol–water partition coefficient (Wildman–Crippen LogP) is 5.86. The topological polar surface area (TPSA) is 66.5 Å². The van der Waals surface area contributed by atoms with E-state index in [1.54, 1.807) is 60.7 Å². The van der Waals surface area contributed by atoms with E-state index in [-0.39, 0.29) is 9.92 Å². The summed E-state index contributed by atoms with van der Waals surface area (Å²) in [5.41, 5.74) is 1.79. The highest BCUT2D eigenvalue weighted by Gasteiger charge is 2.27. The Bertz CT molecular complexity index is 1180. The number of halogens is 2. The Balaban J connectivity index is 1.92. The number of hydrogen-bond acceptors (Lipinski definition) is 4. The Labute approximate surface area is 196 Å². The number of aryl methyl sites for hydroxylation is 1. The number of amides is 1. The molecule has 3 aromatic carbocycles. The number of sulfonamides is 1. The molecule has 1 amide bonds. The van der Waals surface area contributed by atoms with Crippen LogP contribution in [0.5, 0.6) is 0 Å². The number of nitrogens with one attached hydrogen (secondary N) is 1. The van der Waals surface area contributed by atoms with Gasteiger partial charge in [-0.05, 0) is 67.8 Å². The molecule has 0 saturated heterocycles. The van der Waals surface area contributed by atoms with Crippen LogP contribution in [0.3, 0.4) is 0 Å². The molecule has 162 valence electrons. The maximum atomic E-state index is 13.4. The largest absolute Gasteiger partial charge is 0.324 e. The van der Waals surface area contributed by atoms with E-state index in [2.05, 4.69) is 5.32 Å². The van der Waals surface area contributed by atoms with Crippen LogP contribution in [0.2, 0.25) is 10.0 Å². The molecule has 3 rings (SSSR count).